The molecule has 2 atom stereocenters. The van der Waals surface area contributed by atoms with Crippen LogP contribution < -0.4 is 10.6 Å². The van der Waals surface area contributed by atoms with Crippen LogP contribution in [0.25, 0.3) is 0 Å². The van der Waals surface area contributed by atoms with Gasteiger partial charge in [-0.2, -0.15) is 0 Å². The Morgan fingerprint density at radius 3 is 2.17 bits per heavy atom. The van der Waals surface area contributed by atoms with Gasteiger partial charge in [0.25, 0.3) is 0 Å². The van der Waals surface area contributed by atoms with Gasteiger partial charge in [0.15, 0.2) is 0 Å². The highest BCUT2D eigenvalue weighted by molar-refractivity contribution is 5.90. The van der Waals surface area contributed by atoms with E-state index < -0.39 is 23.8 Å². The number of piperidine rings is 1. The van der Waals surface area contributed by atoms with E-state index in [1.165, 1.54) is 18.3 Å². The van der Waals surface area contributed by atoms with Crippen molar-refractivity contribution in [2.45, 2.75) is 50.9 Å². The van der Waals surface area contributed by atoms with Crippen molar-refractivity contribution in [3.05, 3.63) is 95.3 Å². The van der Waals surface area contributed by atoms with Gasteiger partial charge in [0.1, 0.15) is 13.2 Å². The maximum absolute atomic E-state index is 12.9. The lowest BCUT2D eigenvalue weighted by Crippen LogP contribution is -2.32. The number of ether oxygens (including phenoxy) is 2. The Labute approximate surface area is 235 Å². The summed E-state index contributed by atoms with van der Waals surface area (Å²) < 4.78 is 10.4. The fraction of sp³-hybridized carbons (Fsp3) is 0.375. The summed E-state index contributed by atoms with van der Waals surface area (Å²) in [6.07, 6.45) is 8.25. The monoisotopic (exact) mass is 543 g/mol. The average molecular weight is 544 g/mol. The summed E-state index contributed by atoms with van der Waals surface area (Å²) in [6, 6.07) is 18.4. The standard InChI is InChI=1S/C32H37N3O5/c1-2-9-27(26-11-4-5-12-28(26)35-18-6-3-7-19-35)29(30(33)36)23-13-15-24(16-14-23)31(37)39-20-21-40-32(38)25-10-8-17-34-22-25/h4-5,8,10-17,22,27,29H,2-3,6-7,9,18-21H2,1H3,(H2,33,36). The number of rotatable bonds is 12. The van der Waals surface area contributed by atoms with Crippen molar-refractivity contribution in [2.75, 3.05) is 31.2 Å². The van der Waals surface area contributed by atoms with Crippen molar-refractivity contribution in [1.29, 1.82) is 0 Å². The predicted octanol–water partition coefficient (Wildman–Crippen LogP) is 5.24. The van der Waals surface area contributed by atoms with Crippen LogP contribution in [0.4, 0.5) is 5.69 Å². The highest BCUT2D eigenvalue weighted by Gasteiger charge is 2.32. The van der Waals surface area contributed by atoms with Gasteiger partial charge in [0.05, 0.1) is 17.0 Å². The van der Waals surface area contributed by atoms with Crippen LogP contribution in [0.5, 0.6) is 0 Å². The Bertz CT molecular complexity index is 1270. The maximum Gasteiger partial charge on any atom is 0.339 e. The molecule has 0 saturated carbocycles. The quantitative estimate of drug-likeness (QED) is 0.246. The first-order valence-electron chi connectivity index (χ1n) is 14.0. The van der Waals surface area contributed by atoms with Crippen molar-refractivity contribution in [3.63, 3.8) is 0 Å². The van der Waals surface area contributed by atoms with E-state index in [0.717, 1.165) is 49.9 Å². The molecular formula is C32H37N3O5. The fourth-order valence-electron chi connectivity index (χ4n) is 5.38. The molecule has 8 nitrogen and oxygen atoms in total. The molecule has 2 aromatic carbocycles. The third-order valence-corrected chi connectivity index (χ3v) is 7.29. The summed E-state index contributed by atoms with van der Waals surface area (Å²) in [5.74, 6) is -2.09. The van der Waals surface area contributed by atoms with E-state index >= 15 is 0 Å². The van der Waals surface area contributed by atoms with Crippen LogP contribution in [0.15, 0.2) is 73.1 Å². The van der Waals surface area contributed by atoms with Crippen LogP contribution in [0.1, 0.15) is 82.7 Å². The molecular weight excluding hydrogens is 506 g/mol. The number of nitrogens with zero attached hydrogens (tertiary/aromatic N) is 2. The van der Waals surface area contributed by atoms with E-state index in [1.54, 1.807) is 42.6 Å². The molecule has 1 aliphatic rings. The molecule has 0 aliphatic carbocycles. The fourth-order valence-corrected chi connectivity index (χ4v) is 5.38. The average Bonchev–Trinajstić information content (AvgIpc) is 3.00. The first-order chi connectivity index (χ1) is 19.5. The second kappa shape index (κ2) is 14.3. The van der Waals surface area contributed by atoms with E-state index in [-0.39, 0.29) is 19.1 Å². The number of esters is 2. The Kier molecular flexibility index (Phi) is 10.3. The normalized spacial score (nSPS) is 14.7. The largest absolute Gasteiger partial charge is 0.458 e. The van der Waals surface area contributed by atoms with E-state index in [4.69, 9.17) is 15.2 Å². The van der Waals surface area contributed by atoms with E-state index in [1.807, 2.05) is 6.07 Å². The van der Waals surface area contributed by atoms with Crippen LogP contribution in [0.2, 0.25) is 0 Å². The van der Waals surface area contributed by atoms with E-state index in [9.17, 15) is 14.4 Å². The molecule has 2 heterocycles. The molecule has 210 valence electrons. The van der Waals surface area contributed by atoms with Gasteiger partial charge in [-0.15, -0.1) is 0 Å². The highest BCUT2D eigenvalue weighted by Crippen LogP contribution is 2.41. The Morgan fingerprint density at radius 1 is 0.875 bits per heavy atom. The zero-order valence-corrected chi connectivity index (χ0v) is 23.0. The van der Waals surface area contributed by atoms with Gasteiger partial charge in [-0.05, 0) is 67.1 Å². The minimum atomic E-state index is -0.542. The van der Waals surface area contributed by atoms with E-state index in [2.05, 4.69) is 35.0 Å². The summed E-state index contributed by atoms with van der Waals surface area (Å²) >= 11 is 0. The molecule has 1 aliphatic heterocycles. The zero-order valence-electron chi connectivity index (χ0n) is 23.0. The molecule has 1 aromatic heterocycles. The molecule has 4 rings (SSSR count). The molecule has 3 aromatic rings. The van der Waals surface area contributed by atoms with Gasteiger partial charge in [-0.3, -0.25) is 9.78 Å². The van der Waals surface area contributed by atoms with Crippen LogP contribution >= 0.6 is 0 Å². The molecule has 1 amide bonds. The van der Waals surface area contributed by atoms with Crippen LogP contribution in [-0.4, -0.2) is 49.1 Å². The highest BCUT2D eigenvalue weighted by atomic mass is 16.6. The summed E-state index contributed by atoms with van der Waals surface area (Å²) in [5.41, 5.74) is 9.77. The number of para-hydroxylation sites is 1. The van der Waals surface area contributed by atoms with Crippen molar-refractivity contribution in [1.82, 2.24) is 4.98 Å². The van der Waals surface area contributed by atoms with Crippen molar-refractivity contribution in [3.8, 4) is 0 Å². The Hall–Kier alpha value is -4.20. The van der Waals surface area contributed by atoms with Crippen molar-refractivity contribution in [2.24, 2.45) is 5.73 Å². The lowest BCUT2D eigenvalue weighted by Gasteiger charge is -2.34. The number of carbonyl (C=O) groups excluding carboxylic acids is 3. The van der Waals surface area contributed by atoms with Crippen molar-refractivity contribution < 1.29 is 23.9 Å². The second-order valence-corrected chi connectivity index (χ2v) is 10.0. The van der Waals surface area contributed by atoms with Gasteiger partial charge >= 0.3 is 11.9 Å². The van der Waals surface area contributed by atoms with Gasteiger partial charge in [-0.25, -0.2) is 9.59 Å². The Balaban J connectivity index is 1.44. The van der Waals surface area contributed by atoms with Crippen molar-refractivity contribution >= 4 is 23.5 Å². The number of hydrogen-bond acceptors (Lipinski definition) is 7. The number of pyridine rings is 1. The molecule has 0 radical (unpaired) electrons. The summed E-state index contributed by atoms with van der Waals surface area (Å²) in [7, 11) is 0. The Morgan fingerprint density at radius 2 is 1.55 bits per heavy atom. The smallest absolute Gasteiger partial charge is 0.339 e. The number of nitrogens with two attached hydrogens (primary N) is 1. The zero-order chi connectivity index (χ0) is 28.3. The minimum absolute atomic E-state index is 0.0730. The summed E-state index contributed by atoms with van der Waals surface area (Å²) in [4.78, 5) is 43.8. The number of aromatic nitrogens is 1. The van der Waals surface area contributed by atoms with Crippen LogP contribution in [0, 0.1) is 0 Å². The van der Waals surface area contributed by atoms with Gasteiger partial charge in [0.2, 0.25) is 5.91 Å². The summed E-state index contributed by atoms with van der Waals surface area (Å²) in [5, 5.41) is 0. The molecule has 1 saturated heterocycles. The first kappa shape index (κ1) is 28.8. The molecule has 0 bridgehead atoms. The molecule has 40 heavy (non-hydrogen) atoms. The molecule has 1 fully saturated rings. The topological polar surface area (TPSA) is 112 Å². The molecule has 2 N–H and O–H groups in total. The molecule has 0 spiro atoms. The molecule has 8 heteroatoms. The van der Waals surface area contributed by atoms with Gasteiger partial charge < -0.3 is 20.1 Å². The lowest BCUT2D eigenvalue weighted by atomic mass is 9.77. The maximum atomic E-state index is 12.9. The first-order valence-corrected chi connectivity index (χ1v) is 14.0. The lowest BCUT2D eigenvalue weighted by molar-refractivity contribution is -0.120. The number of benzene rings is 2. The van der Waals surface area contributed by atoms with Crippen LogP contribution in [-0.2, 0) is 14.3 Å². The SMILES string of the molecule is CCCC(c1ccccc1N1CCCCC1)C(C(N)=O)c1ccc(C(=O)OCCOC(=O)c2cccnc2)cc1. The predicted molar refractivity (Wildman–Crippen MR) is 153 cm³/mol. The van der Waals surface area contributed by atoms with Gasteiger partial charge in [0, 0.05) is 37.1 Å². The third kappa shape index (κ3) is 7.25. The van der Waals surface area contributed by atoms with E-state index in [0.29, 0.717) is 11.1 Å². The summed E-state index contributed by atoms with van der Waals surface area (Å²) in [6.45, 7) is 3.98. The number of carbonyl (C=O) groups is 3. The molecule has 2 unspecified atom stereocenters. The number of hydrogen-bond donors (Lipinski definition) is 1. The second-order valence-electron chi connectivity index (χ2n) is 10.0. The number of primary amides is 1. The minimum Gasteiger partial charge on any atom is -0.458 e. The third-order valence-electron chi connectivity index (χ3n) is 7.29. The number of amides is 1. The van der Waals surface area contributed by atoms with Gasteiger partial charge in [-0.1, -0.05) is 43.7 Å². The van der Waals surface area contributed by atoms with Crippen LogP contribution in [0.3, 0.4) is 0 Å². The number of anilines is 1.